The molecule has 0 atom stereocenters. The van der Waals surface area contributed by atoms with Gasteiger partial charge in [0.25, 0.3) is 5.91 Å². The minimum atomic E-state index is -1.45. The number of rotatable bonds is 5. The third-order valence-corrected chi connectivity index (χ3v) is 4.63. The topological polar surface area (TPSA) is 91.8 Å². The van der Waals surface area contributed by atoms with Crippen molar-refractivity contribution >= 4 is 17.7 Å². The zero-order chi connectivity index (χ0) is 19.4. The third kappa shape index (κ3) is 3.84. The van der Waals surface area contributed by atoms with Crippen LogP contribution in [0.25, 0.3) is 0 Å². The molecule has 0 radical (unpaired) electrons. The third-order valence-electron chi connectivity index (χ3n) is 4.63. The van der Waals surface area contributed by atoms with Gasteiger partial charge in [0.1, 0.15) is 17.4 Å². The van der Waals surface area contributed by atoms with Crippen LogP contribution in [0.4, 0.5) is 10.2 Å². The number of carbonyl (C=O) groups is 2. The van der Waals surface area contributed by atoms with Gasteiger partial charge in [0, 0.05) is 45.2 Å². The quantitative estimate of drug-likeness (QED) is 0.834. The van der Waals surface area contributed by atoms with Crippen molar-refractivity contribution in [1.82, 2.24) is 10.3 Å². The fourth-order valence-electron chi connectivity index (χ4n) is 3.16. The predicted octanol–water partition coefficient (Wildman–Crippen LogP) is 2.08. The molecule has 8 heteroatoms. The fourth-order valence-corrected chi connectivity index (χ4v) is 3.16. The summed E-state index contributed by atoms with van der Waals surface area (Å²) in [4.78, 5) is 30.1. The lowest BCUT2D eigenvalue weighted by Crippen LogP contribution is -2.53. The van der Waals surface area contributed by atoms with E-state index in [9.17, 15) is 19.1 Å². The number of halogens is 1. The molecule has 1 amide bonds. The highest BCUT2D eigenvalue weighted by Gasteiger charge is 2.44. The van der Waals surface area contributed by atoms with Crippen LogP contribution < -0.4 is 15.0 Å². The molecule has 1 saturated heterocycles. The van der Waals surface area contributed by atoms with Crippen LogP contribution in [-0.4, -0.2) is 47.7 Å². The smallest absolute Gasteiger partial charge is 0.348 e. The first-order chi connectivity index (χ1) is 12.9. The van der Waals surface area contributed by atoms with Crippen LogP contribution in [0.5, 0.6) is 5.75 Å². The molecule has 0 aliphatic carbocycles. The average molecular weight is 373 g/mol. The molecule has 142 valence electrons. The van der Waals surface area contributed by atoms with Gasteiger partial charge in [-0.2, -0.15) is 0 Å². The molecular weight excluding hydrogens is 353 g/mol. The molecule has 27 heavy (non-hydrogen) atoms. The Balaban J connectivity index is 1.80. The van der Waals surface area contributed by atoms with E-state index in [0.717, 1.165) is 0 Å². The van der Waals surface area contributed by atoms with Crippen LogP contribution >= 0.6 is 0 Å². The number of carboxylic acids is 1. The minimum absolute atomic E-state index is 0.169. The van der Waals surface area contributed by atoms with E-state index >= 15 is 0 Å². The number of carboxylic acid groups (broad SMARTS) is 1. The number of piperidine rings is 1. The summed E-state index contributed by atoms with van der Waals surface area (Å²) in [5, 5.41) is 12.3. The number of ether oxygens (including phenoxy) is 1. The minimum Gasteiger partial charge on any atom is -0.478 e. The highest BCUT2D eigenvalue weighted by atomic mass is 19.1. The zero-order valence-electron chi connectivity index (χ0n) is 14.8. The summed E-state index contributed by atoms with van der Waals surface area (Å²) in [5.41, 5.74) is -1.03. The molecular formula is C19H20FN3O4. The fraction of sp³-hybridized carbons (Fsp3) is 0.316. The molecule has 0 bridgehead atoms. The summed E-state index contributed by atoms with van der Waals surface area (Å²) in [6, 6.07) is 8.78. The number of pyridine rings is 1. The number of carbonyl (C=O) groups excluding carboxylic acids is 1. The van der Waals surface area contributed by atoms with Gasteiger partial charge < -0.3 is 20.1 Å². The van der Waals surface area contributed by atoms with Gasteiger partial charge >= 0.3 is 5.97 Å². The van der Waals surface area contributed by atoms with E-state index in [1.807, 2.05) is 4.90 Å². The van der Waals surface area contributed by atoms with E-state index in [1.165, 1.54) is 31.3 Å². The van der Waals surface area contributed by atoms with Crippen molar-refractivity contribution in [2.45, 2.75) is 18.4 Å². The monoisotopic (exact) mass is 373 g/mol. The number of aromatic nitrogens is 1. The second-order valence-corrected chi connectivity index (χ2v) is 6.30. The van der Waals surface area contributed by atoms with Crippen LogP contribution in [0.1, 0.15) is 23.2 Å². The van der Waals surface area contributed by atoms with Crippen LogP contribution in [0.15, 0.2) is 42.6 Å². The number of hydrogen-bond acceptors (Lipinski definition) is 5. The molecule has 2 N–H and O–H groups in total. The summed E-state index contributed by atoms with van der Waals surface area (Å²) in [6.45, 7) is 0.672. The molecule has 0 spiro atoms. The molecule has 1 aliphatic rings. The zero-order valence-corrected chi connectivity index (χ0v) is 14.8. The molecule has 2 heterocycles. The molecule has 2 aromatic rings. The van der Waals surface area contributed by atoms with Crippen LogP contribution in [-0.2, 0) is 4.79 Å². The Labute approximate surface area is 155 Å². The summed E-state index contributed by atoms with van der Waals surface area (Å²) in [6.07, 6.45) is 1.93. The van der Waals surface area contributed by atoms with Crippen molar-refractivity contribution in [3.63, 3.8) is 0 Å². The van der Waals surface area contributed by atoms with Gasteiger partial charge in [-0.3, -0.25) is 4.79 Å². The van der Waals surface area contributed by atoms with Crippen molar-refractivity contribution in [1.29, 1.82) is 0 Å². The Morgan fingerprint density at radius 3 is 2.63 bits per heavy atom. The normalized spacial score (nSPS) is 15.9. The van der Waals surface area contributed by atoms with Crippen molar-refractivity contribution < 1.29 is 23.8 Å². The summed E-state index contributed by atoms with van der Waals surface area (Å²) < 4.78 is 19.1. The van der Waals surface area contributed by atoms with Crippen molar-refractivity contribution in [3.05, 3.63) is 54.0 Å². The number of aliphatic carboxylic acids is 1. The summed E-state index contributed by atoms with van der Waals surface area (Å²) in [7, 11) is 1.54. The molecule has 1 aliphatic heterocycles. The Morgan fingerprint density at radius 2 is 2.00 bits per heavy atom. The lowest BCUT2D eigenvalue weighted by molar-refractivity contribution is -0.157. The van der Waals surface area contributed by atoms with Gasteiger partial charge in [-0.05, 0) is 24.3 Å². The standard InChI is InChI=1S/C19H20FN3O4/c1-21-17(24)15-6-3-9-22-16(15)23-10-7-19(8-11-23,18(25)26)27-14-5-2-4-13(20)12-14/h2-6,9,12H,7-8,10-11H2,1H3,(H,21,24)(H,25,26). The van der Waals surface area contributed by atoms with Gasteiger partial charge in [0.05, 0.1) is 5.56 Å². The van der Waals surface area contributed by atoms with Gasteiger partial charge in [0.15, 0.2) is 0 Å². The first-order valence-electron chi connectivity index (χ1n) is 8.55. The number of nitrogens with zero attached hydrogens (tertiary/aromatic N) is 2. The molecule has 1 aromatic carbocycles. The first kappa shape index (κ1) is 18.6. The van der Waals surface area contributed by atoms with Crippen LogP contribution in [0, 0.1) is 5.82 Å². The van der Waals surface area contributed by atoms with E-state index in [-0.39, 0.29) is 24.5 Å². The number of benzene rings is 1. The van der Waals surface area contributed by atoms with Gasteiger partial charge in [-0.1, -0.05) is 6.07 Å². The summed E-state index contributed by atoms with van der Waals surface area (Å²) in [5.74, 6) is -1.17. The Bertz CT molecular complexity index is 850. The lowest BCUT2D eigenvalue weighted by atomic mass is 9.90. The molecule has 0 saturated carbocycles. The second-order valence-electron chi connectivity index (χ2n) is 6.30. The highest BCUT2D eigenvalue weighted by molar-refractivity contribution is 5.98. The average Bonchev–Trinajstić information content (AvgIpc) is 2.68. The van der Waals surface area contributed by atoms with Crippen LogP contribution in [0.2, 0.25) is 0 Å². The molecule has 0 unspecified atom stereocenters. The van der Waals surface area contributed by atoms with E-state index in [1.54, 1.807) is 18.3 Å². The van der Waals surface area contributed by atoms with Crippen molar-refractivity contribution in [2.75, 3.05) is 25.0 Å². The van der Waals surface area contributed by atoms with E-state index in [2.05, 4.69) is 10.3 Å². The van der Waals surface area contributed by atoms with E-state index in [4.69, 9.17) is 4.74 Å². The Kier molecular flexibility index (Phi) is 5.25. The Hall–Kier alpha value is -3.16. The number of anilines is 1. The lowest BCUT2D eigenvalue weighted by Gasteiger charge is -2.39. The van der Waals surface area contributed by atoms with Gasteiger partial charge in [-0.15, -0.1) is 0 Å². The SMILES string of the molecule is CNC(=O)c1cccnc1N1CCC(Oc2cccc(F)c2)(C(=O)O)CC1. The highest BCUT2D eigenvalue weighted by Crippen LogP contribution is 2.32. The maximum Gasteiger partial charge on any atom is 0.348 e. The molecule has 1 fully saturated rings. The van der Waals surface area contributed by atoms with E-state index in [0.29, 0.717) is 24.5 Å². The molecule has 7 nitrogen and oxygen atoms in total. The number of nitrogens with one attached hydrogen (secondary N) is 1. The second kappa shape index (κ2) is 7.61. The molecule has 1 aromatic heterocycles. The maximum atomic E-state index is 13.4. The summed E-state index contributed by atoms with van der Waals surface area (Å²) >= 11 is 0. The first-order valence-corrected chi connectivity index (χ1v) is 8.55. The van der Waals surface area contributed by atoms with Gasteiger partial charge in [-0.25, -0.2) is 14.2 Å². The van der Waals surface area contributed by atoms with Crippen LogP contribution in [0.3, 0.4) is 0 Å². The predicted molar refractivity (Wildman–Crippen MR) is 96.5 cm³/mol. The number of hydrogen-bond donors (Lipinski definition) is 2. The van der Waals surface area contributed by atoms with E-state index < -0.39 is 17.4 Å². The number of amides is 1. The van der Waals surface area contributed by atoms with Gasteiger partial charge in [0.2, 0.25) is 5.60 Å². The molecule has 3 rings (SSSR count). The maximum absolute atomic E-state index is 13.4. The van der Waals surface area contributed by atoms with Crippen molar-refractivity contribution in [3.8, 4) is 5.75 Å². The largest absolute Gasteiger partial charge is 0.478 e. The Morgan fingerprint density at radius 1 is 1.26 bits per heavy atom. The van der Waals surface area contributed by atoms with Crippen molar-refractivity contribution in [2.24, 2.45) is 0 Å².